The van der Waals surface area contributed by atoms with Gasteiger partial charge in [0.2, 0.25) is 0 Å². The predicted molar refractivity (Wildman–Crippen MR) is 51.6 cm³/mol. The fourth-order valence-corrected chi connectivity index (χ4v) is 1.87. The molecular formula is C10H15F3N2O. The van der Waals surface area contributed by atoms with Crippen molar-refractivity contribution in [3.63, 3.8) is 0 Å². The Labute approximate surface area is 92.6 Å². The van der Waals surface area contributed by atoms with Crippen molar-refractivity contribution in [1.29, 1.82) is 5.26 Å². The van der Waals surface area contributed by atoms with Crippen LogP contribution in [0.2, 0.25) is 0 Å². The lowest BCUT2D eigenvalue weighted by molar-refractivity contribution is -0.226. The monoisotopic (exact) mass is 236 g/mol. The Morgan fingerprint density at radius 2 is 2.19 bits per heavy atom. The highest BCUT2D eigenvalue weighted by Gasteiger charge is 2.43. The smallest absolute Gasteiger partial charge is 0.366 e. The van der Waals surface area contributed by atoms with Crippen molar-refractivity contribution in [3.05, 3.63) is 0 Å². The molecule has 0 spiro atoms. The molecule has 1 N–H and O–H groups in total. The Balaban J connectivity index is 2.52. The molecule has 3 unspecified atom stereocenters. The number of rotatable bonds is 3. The Bertz CT molecular complexity index is 287. The average Bonchev–Trinajstić information content (AvgIpc) is 2.61. The number of nitriles is 1. The predicted octanol–water partition coefficient (Wildman–Crippen LogP) is 1.99. The molecule has 0 aromatic rings. The maximum absolute atomic E-state index is 12.3. The first-order valence-corrected chi connectivity index (χ1v) is 5.15. The van der Waals surface area contributed by atoms with Gasteiger partial charge in [-0.3, -0.25) is 0 Å². The van der Waals surface area contributed by atoms with Crippen LogP contribution in [0.5, 0.6) is 0 Å². The number of nitrogens with one attached hydrogen (secondary N) is 1. The molecule has 0 aromatic heterocycles. The minimum Gasteiger partial charge on any atom is -0.366 e. The first kappa shape index (κ1) is 13.3. The van der Waals surface area contributed by atoms with Gasteiger partial charge in [-0.25, -0.2) is 0 Å². The van der Waals surface area contributed by atoms with Gasteiger partial charge >= 0.3 is 6.18 Å². The van der Waals surface area contributed by atoms with Crippen LogP contribution in [0.1, 0.15) is 26.2 Å². The third-order valence-corrected chi connectivity index (χ3v) is 3.02. The van der Waals surface area contributed by atoms with Gasteiger partial charge in [0.15, 0.2) is 6.10 Å². The molecule has 3 atom stereocenters. The number of hydrogen-bond acceptors (Lipinski definition) is 3. The molecule has 1 aliphatic rings. The zero-order valence-electron chi connectivity index (χ0n) is 9.27. The molecule has 0 aliphatic heterocycles. The van der Waals surface area contributed by atoms with Crippen molar-refractivity contribution in [3.8, 4) is 6.07 Å². The Morgan fingerprint density at radius 3 is 2.56 bits per heavy atom. The molecule has 1 fully saturated rings. The van der Waals surface area contributed by atoms with Crippen LogP contribution in [0.25, 0.3) is 0 Å². The van der Waals surface area contributed by atoms with Gasteiger partial charge in [0.25, 0.3) is 0 Å². The van der Waals surface area contributed by atoms with Gasteiger partial charge in [-0.2, -0.15) is 18.4 Å². The molecule has 0 saturated heterocycles. The van der Waals surface area contributed by atoms with E-state index in [0.29, 0.717) is 19.3 Å². The molecule has 0 bridgehead atoms. The van der Waals surface area contributed by atoms with E-state index in [1.54, 1.807) is 7.05 Å². The quantitative estimate of drug-likeness (QED) is 0.815. The lowest BCUT2D eigenvalue weighted by Gasteiger charge is -2.23. The van der Waals surface area contributed by atoms with E-state index in [-0.39, 0.29) is 0 Å². The van der Waals surface area contributed by atoms with Crippen molar-refractivity contribution in [2.75, 3.05) is 7.05 Å². The van der Waals surface area contributed by atoms with Crippen LogP contribution < -0.4 is 5.32 Å². The van der Waals surface area contributed by atoms with Crippen LogP contribution in [0.15, 0.2) is 0 Å². The highest BCUT2D eigenvalue weighted by atomic mass is 19.4. The SMILES string of the molecule is CNC1(C#N)CCC(OC(C)C(F)(F)F)C1. The van der Waals surface area contributed by atoms with E-state index in [0.717, 1.165) is 6.92 Å². The summed E-state index contributed by atoms with van der Waals surface area (Å²) in [5.41, 5.74) is -0.726. The highest BCUT2D eigenvalue weighted by Crippen LogP contribution is 2.34. The minimum atomic E-state index is -4.34. The van der Waals surface area contributed by atoms with Gasteiger partial charge in [-0.1, -0.05) is 0 Å². The summed E-state index contributed by atoms with van der Waals surface area (Å²) >= 11 is 0. The van der Waals surface area contributed by atoms with Crippen LogP contribution in [0.3, 0.4) is 0 Å². The molecule has 0 amide bonds. The van der Waals surface area contributed by atoms with Crippen LogP contribution >= 0.6 is 0 Å². The first-order chi connectivity index (χ1) is 7.33. The maximum atomic E-state index is 12.3. The molecule has 1 aliphatic carbocycles. The van der Waals surface area contributed by atoms with Gasteiger partial charge in [-0.15, -0.1) is 0 Å². The fourth-order valence-electron chi connectivity index (χ4n) is 1.87. The van der Waals surface area contributed by atoms with Crippen LogP contribution in [0, 0.1) is 11.3 Å². The third kappa shape index (κ3) is 2.86. The van der Waals surface area contributed by atoms with Gasteiger partial charge in [0.1, 0.15) is 5.54 Å². The summed E-state index contributed by atoms with van der Waals surface area (Å²) in [5.74, 6) is 0. The van der Waals surface area contributed by atoms with E-state index in [2.05, 4.69) is 11.4 Å². The summed E-state index contributed by atoms with van der Waals surface area (Å²) < 4.78 is 41.7. The van der Waals surface area contributed by atoms with E-state index in [4.69, 9.17) is 10.00 Å². The summed E-state index contributed by atoms with van der Waals surface area (Å²) in [7, 11) is 1.64. The van der Waals surface area contributed by atoms with Crippen molar-refractivity contribution >= 4 is 0 Å². The molecule has 0 radical (unpaired) electrons. The number of ether oxygens (including phenoxy) is 1. The van der Waals surface area contributed by atoms with E-state index in [9.17, 15) is 13.2 Å². The summed E-state index contributed by atoms with van der Waals surface area (Å²) in [6.45, 7) is 0.992. The van der Waals surface area contributed by atoms with E-state index >= 15 is 0 Å². The van der Waals surface area contributed by atoms with E-state index in [1.807, 2.05) is 0 Å². The molecule has 1 rings (SSSR count). The molecule has 1 saturated carbocycles. The molecule has 16 heavy (non-hydrogen) atoms. The summed E-state index contributed by atoms with van der Waals surface area (Å²) in [5, 5.41) is 11.8. The minimum absolute atomic E-state index is 0.306. The zero-order chi connectivity index (χ0) is 12.4. The topological polar surface area (TPSA) is 45.0 Å². The van der Waals surface area contributed by atoms with Crippen LogP contribution in [-0.2, 0) is 4.74 Å². The molecular weight excluding hydrogens is 221 g/mol. The number of hydrogen-bond donors (Lipinski definition) is 1. The second-order valence-electron chi connectivity index (χ2n) is 4.13. The van der Waals surface area contributed by atoms with Crippen molar-refractivity contribution in [2.45, 2.75) is 50.1 Å². The Hall–Kier alpha value is -0.800. The van der Waals surface area contributed by atoms with Gasteiger partial charge < -0.3 is 10.1 Å². The lowest BCUT2D eigenvalue weighted by atomic mass is 10.0. The Kier molecular flexibility index (Phi) is 3.81. The fraction of sp³-hybridized carbons (Fsp3) is 0.900. The van der Waals surface area contributed by atoms with Crippen molar-refractivity contribution in [2.24, 2.45) is 0 Å². The molecule has 6 heteroatoms. The lowest BCUT2D eigenvalue weighted by Crippen LogP contribution is -2.40. The standard InChI is InChI=1S/C10H15F3N2O/c1-7(10(11,12)13)16-8-3-4-9(5-8,6-14)15-2/h7-8,15H,3-5H2,1-2H3. The van der Waals surface area contributed by atoms with Crippen LogP contribution in [-0.4, -0.2) is 31.0 Å². The molecule has 3 nitrogen and oxygen atoms in total. The van der Waals surface area contributed by atoms with Crippen LogP contribution in [0.4, 0.5) is 13.2 Å². The maximum Gasteiger partial charge on any atom is 0.414 e. The second-order valence-corrected chi connectivity index (χ2v) is 4.13. The van der Waals surface area contributed by atoms with Gasteiger partial charge in [0.05, 0.1) is 12.2 Å². The van der Waals surface area contributed by atoms with E-state index < -0.39 is 23.9 Å². The molecule has 0 aromatic carbocycles. The first-order valence-electron chi connectivity index (χ1n) is 5.15. The Morgan fingerprint density at radius 1 is 1.56 bits per heavy atom. The van der Waals surface area contributed by atoms with Gasteiger partial charge in [-0.05, 0) is 26.8 Å². The van der Waals surface area contributed by atoms with Crippen molar-refractivity contribution in [1.82, 2.24) is 5.32 Å². The third-order valence-electron chi connectivity index (χ3n) is 3.02. The van der Waals surface area contributed by atoms with E-state index in [1.165, 1.54) is 0 Å². The summed E-state index contributed by atoms with van der Waals surface area (Å²) in [6.07, 6.45) is -5.30. The zero-order valence-corrected chi connectivity index (χ0v) is 9.27. The number of nitrogens with zero attached hydrogens (tertiary/aromatic N) is 1. The summed E-state index contributed by atoms with van der Waals surface area (Å²) in [4.78, 5) is 0. The molecule has 0 heterocycles. The van der Waals surface area contributed by atoms with Crippen molar-refractivity contribution < 1.29 is 17.9 Å². The largest absolute Gasteiger partial charge is 0.414 e. The summed E-state index contributed by atoms with van der Waals surface area (Å²) in [6, 6.07) is 2.10. The van der Waals surface area contributed by atoms with Gasteiger partial charge in [0, 0.05) is 6.42 Å². The molecule has 92 valence electrons. The second kappa shape index (κ2) is 4.60. The highest BCUT2D eigenvalue weighted by molar-refractivity contribution is 5.11. The number of alkyl halides is 3. The number of halogens is 3. The average molecular weight is 236 g/mol. The normalized spacial score (nSPS) is 32.4.